The van der Waals surface area contributed by atoms with Gasteiger partial charge in [0.2, 0.25) is 0 Å². The third kappa shape index (κ3) is 3.38. The quantitative estimate of drug-likeness (QED) is 0.671. The van der Waals surface area contributed by atoms with E-state index < -0.39 is 11.9 Å². The highest BCUT2D eigenvalue weighted by atomic mass is 35.5. The Balaban J connectivity index is 1.87. The molecule has 0 fully saturated rings. The lowest BCUT2D eigenvalue weighted by atomic mass is 10.1. The summed E-state index contributed by atoms with van der Waals surface area (Å²) < 4.78 is 10.6. The molecule has 0 aliphatic heterocycles. The Morgan fingerprint density at radius 1 is 1.36 bits per heavy atom. The zero-order valence-corrected chi connectivity index (χ0v) is 15.4. The average molecular weight is 379 g/mol. The number of nitrogens with one attached hydrogen (secondary N) is 1. The summed E-state index contributed by atoms with van der Waals surface area (Å²) >= 11 is 7.06. The van der Waals surface area contributed by atoms with Gasteiger partial charge in [0.15, 0.2) is 10.9 Å². The Labute approximate surface area is 152 Å². The van der Waals surface area contributed by atoms with E-state index in [4.69, 9.17) is 20.8 Å². The molecule has 6 nitrogen and oxygen atoms in total. The Morgan fingerprint density at radius 3 is 2.84 bits per heavy atom. The number of furan rings is 1. The molecule has 0 aliphatic carbocycles. The zero-order valence-electron chi connectivity index (χ0n) is 13.8. The number of thiazole rings is 1. The molecule has 1 N–H and O–H groups in total. The molecule has 2 aromatic heterocycles. The van der Waals surface area contributed by atoms with E-state index in [0.717, 1.165) is 16.7 Å². The number of ether oxygens (including phenoxy) is 1. The number of nitrogens with zero attached hydrogens (tertiary/aromatic N) is 1. The van der Waals surface area contributed by atoms with Gasteiger partial charge in [0, 0.05) is 16.0 Å². The van der Waals surface area contributed by atoms with Crippen molar-refractivity contribution < 1.29 is 18.7 Å². The van der Waals surface area contributed by atoms with Crippen LogP contribution in [0.1, 0.15) is 38.4 Å². The highest BCUT2D eigenvalue weighted by molar-refractivity contribution is 7.17. The number of aromatic nitrogens is 1. The van der Waals surface area contributed by atoms with E-state index in [-0.39, 0.29) is 12.4 Å². The van der Waals surface area contributed by atoms with Gasteiger partial charge >= 0.3 is 5.97 Å². The predicted molar refractivity (Wildman–Crippen MR) is 96.7 cm³/mol. The Morgan fingerprint density at radius 2 is 2.12 bits per heavy atom. The number of carbonyl (C=O) groups excluding carboxylic acids is 2. The minimum Gasteiger partial charge on any atom is -0.462 e. The summed E-state index contributed by atoms with van der Waals surface area (Å²) in [6, 6.07) is 5.16. The normalized spacial score (nSPS) is 10.9. The van der Waals surface area contributed by atoms with Crippen LogP contribution in [0.4, 0.5) is 5.13 Å². The molecule has 1 aromatic carbocycles. The number of esters is 1. The van der Waals surface area contributed by atoms with Gasteiger partial charge in [0.25, 0.3) is 5.91 Å². The van der Waals surface area contributed by atoms with Gasteiger partial charge in [-0.3, -0.25) is 10.1 Å². The van der Waals surface area contributed by atoms with Crippen molar-refractivity contribution in [1.82, 2.24) is 4.98 Å². The van der Waals surface area contributed by atoms with Gasteiger partial charge in [-0.15, -0.1) is 0 Å². The number of rotatable bonds is 4. The molecule has 3 aromatic rings. The van der Waals surface area contributed by atoms with E-state index >= 15 is 0 Å². The number of halogens is 1. The third-order valence-corrected chi connectivity index (χ3v) is 4.87. The van der Waals surface area contributed by atoms with Crippen LogP contribution in [0.25, 0.3) is 11.0 Å². The number of amides is 1. The number of fused-ring (bicyclic) bond motifs is 1. The maximum Gasteiger partial charge on any atom is 0.350 e. The van der Waals surface area contributed by atoms with Crippen molar-refractivity contribution in [3.8, 4) is 0 Å². The van der Waals surface area contributed by atoms with Crippen LogP contribution in [0.5, 0.6) is 0 Å². The van der Waals surface area contributed by atoms with Gasteiger partial charge in [0.05, 0.1) is 12.3 Å². The van der Waals surface area contributed by atoms with E-state index in [0.29, 0.717) is 31.9 Å². The molecule has 130 valence electrons. The van der Waals surface area contributed by atoms with Gasteiger partial charge in [-0.2, -0.15) is 0 Å². The number of carbonyl (C=O) groups is 2. The SMILES string of the molecule is CCOC(=O)c1sc(NC(=O)c2oc3ccc(Cl)cc3c2C)nc1C. The van der Waals surface area contributed by atoms with E-state index in [1.807, 2.05) is 0 Å². The number of hydrogen-bond acceptors (Lipinski definition) is 6. The second-order valence-corrected chi connectivity index (χ2v) is 6.74. The van der Waals surface area contributed by atoms with Crippen LogP contribution < -0.4 is 5.32 Å². The van der Waals surface area contributed by atoms with Crippen molar-refractivity contribution in [2.24, 2.45) is 0 Å². The molecular formula is C17H15ClN2O4S. The van der Waals surface area contributed by atoms with Crippen molar-refractivity contribution in [2.75, 3.05) is 11.9 Å². The van der Waals surface area contributed by atoms with Crippen LogP contribution >= 0.6 is 22.9 Å². The second-order valence-electron chi connectivity index (χ2n) is 5.30. The molecule has 0 spiro atoms. The van der Waals surface area contributed by atoms with Crippen molar-refractivity contribution >= 4 is 50.9 Å². The van der Waals surface area contributed by atoms with E-state index in [2.05, 4.69) is 10.3 Å². The maximum absolute atomic E-state index is 12.5. The molecule has 0 aliphatic rings. The lowest BCUT2D eigenvalue weighted by Gasteiger charge is -1.99. The fourth-order valence-electron chi connectivity index (χ4n) is 2.40. The van der Waals surface area contributed by atoms with Crippen molar-refractivity contribution in [3.05, 3.63) is 45.1 Å². The summed E-state index contributed by atoms with van der Waals surface area (Å²) in [5.41, 5.74) is 1.77. The Kier molecular flexibility index (Phi) is 4.78. The molecule has 25 heavy (non-hydrogen) atoms. The smallest absolute Gasteiger partial charge is 0.350 e. The minimum absolute atomic E-state index is 0.183. The average Bonchev–Trinajstić information content (AvgIpc) is 3.08. The van der Waals surface area contributed by atoms with Crippen LogP contribution in [0.2, 0.25) is 5.02 Å². The minimum atomic E-state index is -0.451. The van der Waals surface area contributed by atoms with E-state index in [1.165, 1.54) is 0 Å². The molecule has 0 saturated carbocycles. The lowest BCUT2D eigenvalue weighted by Crippen LogP contribution is -2.11. The predicted octanol–water partition coefficient (Wildman–Crippen LogP) is 4.59. The van der Waals surface area contributed by atoms with Gasteiger partial charge in [-0.1, -0.05) is 22.9 Å². The van der Waals surface area contributed by atoms with Gasteiger partial charge in [0.1, 0.15) is 10.5 Å². The monoisotopic (exact) mass is 378 g/mol. The summed E-state index contributed by atoms with van der Waals surface area (Å²) in [4.78, 5) is 28.9. The Hall–Kier alpha value is -2.38. The topological polar surface area (TPSA) is 81.4 Å². The molecule has 0 atom stereocenters. The van der Waals surface area contributed by atoms with Crippen LogP contribution in [0, 0.1) is 13.8 Å². The fraction of sp³-hybridized carbons (Fsp3) is 0.235. The highest BCUT2D eigenvalue weighted by Gasteiger charge is 2.21. The van der Waals surface area contributed by atoms with Crippen LogP contribution in [0.3, 0.4) is 0 Å². The Bertz CT molecular complexity index is 977. The first-order valence-corrected chi connectivity index (χ1v) is 8.74. The number of anilines is 1. The molecule has 0 bridgehead atoms. The number of aryl methyl sites for hydroxylation is 2. The fourth-order valence-corrected chi connectivity index (χ4v) is 3.43. The molecule has 0 radical (unpaired) electrons. The highest BCUT2D eigenvalue weighted by Crippen LogP contribution is 2.29. The molecular weight excluding hydrogens is 364 g/mol. The molecule has 0 saturated heterocycles. The van der Waals surface area contributed by atoms with Crippen molar-refractivity contribution in [2.45, 2.75) is 20.8 Å². The molecule has 2 heterocycles. The summed E-state index contributed by atoms with van der Waals surface area (Å²) in [7, 11) is 0. The largest absolute Gasteiger partial charge is 0.462 e. The summed E-state index contributed by atoms with van der Waals surface area (Å²) in [6.45, 7) is 5.48. The van der Waals surface area contributed by atoms with Crippen molar-refractivity contribution in [1.29, 1.82) is 0 Å². The standard InChI is InChI=1S/C17H15ClN2O4S/c1-4-23-16(22)14-9(3)19-17(25-14)20-15(21)13-8(2)11-7-10(18)5-6-12(11)24-13/h5-7H,4H2,1-3H3,(H,19,20,21). The first kappa shape index (κ1) is 17.4. The molecule has 8 heteroatoms. The summed E-state index contributed by atoms with van der Waals surface area (Å²) in [5, 5.41) is 4.32. The number of benzene rings is 1. The maximum atomic E-state index is 12.5. The van der Waals surface area contributed by atoms with E-state index in [9.17, 15) is 9.59 Å². The molecule has 3 rings (SSSR count). The molecule has 1 amide bonds. The van der Waals surface area contributed by atoms with Crippen LogP contribution in [0.15, 0.2) is 22.6 Å². The van der Waals surface area contributed by atoms with Crippen LogP contribution in [-0.2, 0) is 4.74 Å². The summed E-state index contributed by atoms with van der Waals surface area (Å²) in [5.74, 6) is -0.704. The number of hydrogen-bond donors (Lipinski definition) is 1. The third-order valence-electron chi connectivity index (χ3n) is 3.58. The first-order chi connectivity index (χ1) is 11.9. The van der Waals surface area contributed by atoms with Gasteiger partial charge < -0.3 is 9.15 Å². The first-order valence-electron chi connectivity index (χ1n) is 7.55. The lowest BCUT2D eigenvalue weighted by molar-refractivity contribution is 0.0531. The van der Waals surface area contributed by atoms with Gasteiger partial charge in [-0.05, 0) is 39.0 Å². The van der Waals surface area contributed by atoms with Gasteiger partial charge in [-0.25, -0.2) is 9.78 Å². The summed E-state index contributed by atoms with van der Waals surface area (Å²) in [6.07, 6.45) is 0. The second kappa shape index (κ2) is 6.85. The zero-order chi connectivity index (χ0) is 18.1. The molecule has 0 unspecified atom stereocenters. The van der Waals surface area contributed by atoms with E-state index in [1.54, 1.807) is 39.0 Å². The van der Waals surface area contributed by atoms with Crippen molar-refractivity contribution in [3.63, 3.8) is 0 Å². The van der Waals surface area contributed by atoms with Crippen LogP contribution in [-0.4, -0.2) is 23.5 Å².